The number of rotatable bonds is 4. The van der Waals surface area contributed by atoms with E-state index in [2.05, 4.69) is 6.92 Å². The van der Waals surface area contributed by atoms with Crippen molar-refractivity contribution in [2.45, 2.75) is 26.7 Å². The minimum Gasteiger partial charge on any atom is -0.466 e. The van der Waals surface area contributed by atoms with Crippen molar-refractivity contribution in [3.05, 3.63) is 36.3 Å². The van der Waals surface area contributed by atoms with Crippen LogP contribution in [0.5, 0.6) is 0 Å². The van der Waals surface area contributed by atoms with E-state index >= 15 is 0 Å². The Kier molecular flexibility index (Phi) is 3.15. The topological polar surface area (TPSA) is 13.1 Å². The molecule has 12 heavy (non-hydrogen) atoms. The first-order chi connectivity index (χ1) is 5.72. The quantitative estimate of drug-likeness (QED) is 0.664. The Bertz CT molecular complexity index is 247. The van der Waals surface area contributed by atoms with E-state index in [-0.39, 0.29) is 0 Å². The minimum atomic E-state index is 0.468. The first kappa shape index (κ1) is 9.11. The predicted molar refractivity (Wildman–Crippen MR) is 49.8 cm³/mol. The first-order valence-electron chi connectivity index (χ1n) is 4.32. The van der Waals surface area contributed by atoms with Gasteiger partial charge in [-0.05, 0) is 31.4 Å². The highest BCUT2D eigenvalue weighted by molar-refractivity contribution is 5.05. The SMILES string of the molecule is [CH]=CC(C)CCc1ccc(C)o1. The fourth-order valence-electron chi connectivity index (χ4n) is 1.09. The van der Waals surface area contributed by atoms with Gasteiger partial charge >= 0.3 is 0 Å². The Morgan fingerprint density at radius 2 is 2.33 bits per heavy atom. The molecule has 1 aromatic rings. The van der Waals surface area contributed by atoms with E-state index in [1.807, 2.05) is 19.1 Å². The van der Waals surface area contributed by atoms with Crippen LogP contribution < -0.4 is 0 Å². The molecular weight excluding hydrogens is 148 g/mol. The summed E-state index contributed by atoms with van der Waals surface area (Å²) in [5.74, 6) is 2.51. The van der Waals surface area contributed by atoms with Crippen molar-refractivity contribution in [3.8, 4) is 0 Å². The zero-order valence-electron chi connectivity index (χ0n) is 7.71. The fraction of sp³-hybridized carbons (Fsp3) is 0.455. The molecule has 0 aliphatic rings. The van der Waals surface area contributed by atoms with Gasteiger partial charge in [0.25, 0.3) is 0 Å². The molecule has 1 heteroatoms. The third kappa shape index (κ3) is 2.57. The highest BCUT2D eigenvalue weighted by Gasteiger charge is 2.01. The van der Waals surface area contributed by atoms with E-state index in [1.165, 1.54) is 0 Å². The second kappa shape index (κ2) is 4.15. The average Bonchev–Trinajstić information content (AvgIpc) is 2.47. The summed E-state index contributed by atoms with van der Waals surface area (Å²) in [6.07, 6.45) is 3.77. The van der Waals surface area contributed by atoms with Crippen molar-refractivity contribution in [1.29, 1.82) is 0 Å². The van der Waals surface area contributed by atoms with Crippen molar-refractivity contribution < 1.29 is 4.42 Å². The maximum absolute atomic E-state index is 5.42. The van der Waals surface area contributed by atoms with Gasteiger partial charge in [-0.3, -0.25) is 0 Å². The highest BCUT2D eigenvalue weighted by Crippen LogP contribution is 2.12. The zero-order chi connectivity index (χ0) is 8.97. The summed E-state index contributed by atoms with van der Waals surface area (Å²) in [5, 5.41) is 0. The second-order valence-corrected chi connectivity index (χ2v) is 3.22. The molecule has 1 radical (unpaired) electrons. The molecular formula is C11H15O. The Morgan fingerprint density at radius 1 is 1.58 bits per heavy atom. The van der Waals surface area contributed by atoms with Gasteiger partial charge in [0, 0.05) is 6.42 Å². The Morgan fingerprint density at radius 3 is 2.83 bits per heavy atom. The van der Waals surface area contributed by atoms with Crippen LogP contribution >= 0.6 is 0 Å². The number of aryl methyl sites for hydroxylation is 2. The summed E-state index contributed by atoms with van der Waals surface area (Å²) < 4.78 is 5.42. The van der Waals surface area contributed by atoms with Gasteiger partial charge < -0.3 is 4.42 Å². The van der Waals surface area contributed by atoms with E-state index in [0.717, 1.165) is 24.4 Å². The largest absolute Gasteiger partial charge is 0.466 e. The van der Waals surface area contributed by atoms with Crippen LogP contribution in [0.1, 0.15) is 24.9 Å². The van der Waals surface area contributed by atoms with Gasteiger partial charge in [-0.2, -0.15) is 0 Å². The van der Waals surface area contributed by atoms with Crippen molar-refractivity contribution in [2.75, 3.05) is 0 Å². The molecule has 0 aliphatic carbocycles. The van der Waals surface area contributed by atoms with Crippen molar-refractivity contribution in [2.24, 2.45) is 5.92 Å². The van der Waals surface area contributed by atoms with Gasteiger partial charge in [-0.15, -0.1) is 0 Å². The summed E-state index contributed by atoms with van der Waals surface area (Å²) in [5.41, 5.74) is 0. The smallest absolute Gasteiger partial charge is 0.104 e. The Balaban J connectivity index is 2.37. The summed E-state index contributed by atoms with van der Waals surface area (Å²) in [6, 6.07) is 4.02. The van der Waals surface area contributed by atoms with E-state index in [0.29, 0.717) is 5.92 Å². The van der Waals surface area contributed by atoms with E-state index in [9.17, 15) is 0 Å². The molecule has 0 saturated carbocycles. The van der Waals surface area contributed by atoms with Crippen LogP contribution in [0.25, 0.3) is 0 Å². The van der Waals surface area contributed by atoms with Gasteiger partial charge in [0.2, 0.25) is 0 Å². The summed E-state index contributed by atoms with van der Waals surface area (Å²) >= 11 is 0. The molecule has 1 heterocycles. The molecule has 0 saturated heterocycles. The lowest BCUT2D eigenvalue weighted by Gasteiger charge is -2.01. The molecule has 1 atom stereocenters. The van der Waals surface area contributed by atoms with Crippen molar-refractivity contribution in [1.82, 2.24) is 0 Å². The van der Waals surface area contributed by atoms with Crippen LogP contribution in [0.15, 0.2) is 22.6 Å². The third-order valence-corrected chi connectivity index (χ3v) is 1.97. The summed E-state index contributed by atoms with van der Waals surface area (Å²) in [7, 11) is 0. The van der Waals surface area contributed by atoms with E-state index in [4.69, 9.17) is 11.0 Å². The Labute approximate surface area is 74.1 Å². The normalized spacial score (nSPS) is 12.8. The molecule has 0 spiro atoms. The second-order valence-electron chi connectivity index (χ2n) is 3.22. The number of allylic oxidation sites excluding steroid dienone is 1. The molecule has 0 bridgehead atoms. The fourth-order valence-corrected chi connectivity index (χ4v) is 1.09. The zero-order valence-corrected chi connectivity index (χ0v) is 7.71. The predicted octanol–water partition coefficient (Wildman–Crippen LogP) is 3.15. The molecule has 0 fully saturated rings. The lowest BCUT2D eigenvalue weighted by molar-refractivity contribution is 0.465. The van der Waals surface area contributed by atoms with Gasteiger partial charge in [0.1, 0.15) is 11.5 Å². The van der Waals surface area contributed by atoms with Gasteiger partial charge in [-0.1, -0.05) is 19.6 Å². The molecule has 0 aromatic carbocycles. The molecule has 1 rings (SSSR count). The van der Waals surface area contributed by atoms with Crippen molar-refractivity contribution in [3.63, 3.8) is 0 Å². The van der Waals surface area contributed by atoms with Gasteiger partial charge in [-0.25, -0.2) is 0 Å². The lowest BCUT2D eigenvalue weighted by atomic mass is 10.1. The van der Waals surface area contributed by atoms with E-state index < -0.39 is 0 Å². The van der Waals surface area contributed by atoms with Gasteiger partial charge in [0.05, 0.1) is 0 Å². The molecule has 0 N–H and O–H groups in total. The summed E-state index contributed by atoms with van der Waals surface area (Å²) in [4.78, 5) is 0. The first-order valence-corrected chi connectivity index (χ1v) is 4.32. The van der Waals surface area contributed by atoms with Gasteiger partial charge in [0.15, 0.2) is 0 Å². The molecule has 1 aromatic heterocycles. The maximum Gasteiger partial charge on any atom is 0.104 e. The molecule has 0 aliphatic heterocycles. The maximum atomic E-state index is 5.42. The molecule has 65 valence electrons. The average molecular weight is 163 g/mol. The van der Waals surface area contributed by atoms with Crippen LogP contribution in [0.3, 0.4) is 0 Å². The standard InChI is InChI=1S/C11H15O/c1-4-9(2)5-7-11-8-6-10(3)12-11/h1,4,6,8-9H,5,7H2,2-3H3. The van der Waals surface area contributed by atoms with Crippen LogP contribution in [0, 0.1) is 19.4 Å². The molecule has 0 amide bonds. The summed E-state index contributed by atoms with van der Waals surface area (Å²) in [6.45, 7) is 9.45. The number of furan rings is 1. The Hall–Kier alpha value is -0.980. The third-order valence-electron chi connectivity index (χ3n) is 1.97. The van der Waals surface area contributed by atoms with Crippen LogP contribution in [0.4, 0.5) is 0 Å². The molecule has 1 nitrogen and oxygen atoms in total. The lowest BCUT2D eigenvalue weighted by Crippen LogP contribution is -1.91. The van der Waals surface area contributed by atoms with E-state index in [1.54, 1.807) is 6.08 Å². The van der Waals surface area contributed by atoms with Crippen LogP contribution in [-0.4, -0.2) is 0 Å². The highest BCUT2D eigenvalue weighted by atomic mass is 16.3. The van der Waals surface area contributed by atoms with Crippen LogP contribution in [-0.2, 0) is 6.42 Å². The monoisotopic (exact) mass is 163 g/mol. The number of hydrogen-bond acceptors (Lipinski definition) is 1. The molecule has 1 unspecified atom stereocenters. The van der Waals surface area contributed by atoms with Crippen LogP contribution in [0.2, 0.25) is 0 Å². The minimum absolute atomic E-state index is 0.468. The number of hydrogen-bond donors (Lipinski definition) is 0. The van der Waals surface area contributed by atoms with Crippen molar-refractivity contribution >= 4 is 0 Å².